The van der Waals surface area contributed by atoms with Crippen LogP contribution >= 0.6 is 11.3 Å². The maximum Gasteiger partial charge on any atom is 0.355 e. The molecule has 1 aromatic rings. The Morgan fingerprint density at radius 1 is 1.59 bits per heavy atom. The van der Waals surface area contributed by atoms with Gasteiger partial charge in [0.25, 0.3) is 0 Å². The first kappa shape index (κ1) is 13.4. The van der Waals surface area contributed by atoms with E-state index < -0.39 is 11.9 Å². The van der Waals surface area contributed by atoms with Gasteiger partial charge in [-0.2, -0.15) is 0 Å². The van der Waals surface area contributed by atoms with Crippen molar-refractivity contribution in [2.75, 3.05) is 25.1 Å². The van der Waals surface area contributed by atoms with E-state index in [-0.39, 0.29) is 12.3 Å². The van der Waals surface area contributed by atoms with E-state index in [0.717, 1.165) is 0 Å². The molecule has 17 heavy (non-hydrogen) atoms. The molecule has 94 valence electrons. The molecule has 0 aliphatic heterocycles. The topological polar surface area (TPSA) is 115 Å². The van der Waals surface area contributed by atoms with Gasteiger partial charge in [0.05, 0.1) is 6.61 Å². The van der Waals surface area contributed by atoms with Gasteiger partial charge in [0.2, 0.25) is 5.91 Å². The van der Waals surface area contributed by atoms with Crippen molar-refractivity contribution in [3.05, 3.63) is 10.6 Å². The van der Waals surface area contributed by atoms with Gasteiger partial charge >= 0.3 is 5.97 Å². The number of nitrogens with zero attached hydrogens (tertiary/aromatic N) is 1. The zero-order valence-electron chi connectivity index (χ0n) is 9.23. The van der Waals surface area contributed by atoms with Crippen molar-refractivity contribution in [1.82, 2.24) is 4.98 Å². The Balaban J connectivity index is 2.35. The van der Waals surface area contributed by atoms with Crippen molar-refractivity contribution in [3.8, 4) is 0 Å². The molecule has 4 N–H and O–H groups in total. The lowest BCUT2D eigenvalue weighted by molar-refractivity contribution is -0.122. The quantitative estimate of drug-likeness (QED) is 0.597. The van der Waals surface area contributed by atoms with Crippen LogP contribution in [0.2, 0.25) is 0 Å². The lowest BCUT2D eigenvalue weighted by Crippen LogP contribution is -2.20. The average molecular weight is 259 g/mol. The van der Waals surface area contributed by atoms with Crippen molar-refractivity contribution in [1.29, 1.82) is 0 Å². The number of anilines is 1. The number of carbonyl (C=O) groups is 2. The number of thiazole rings is 1. The summed E-state index contributed by atoms with van der Waals surface area (Å²) in [5.74, 6) is -1.57. The van der Waals surface area contributed by atoms with E-state index in [9.17, 15) is 9.59 Å². The summed E-state index contributed by atoms with van der Waals surface area (Å²) in [6, 6.07) is 0. The Kier molecular flexibility index (Phi) is 4.85. The van der Waals surface area contributed by atoms with Gasteiger partial charge in [0, 0.05) is 11.4 Å². The minimum Gasteiger partial charge on any atom is -0.476 e. The standard InChI is InChI=1S/C9H13N3O4S/c1-5-7(8(14)15)12-9(17-5)11-2-3-16-4-6(10)13/h2-4H2,1H3,(H2,10,13)(H,11,12)(H,14,15). The number of amides is 1. The van der Waals surface area contributed by atoms with E-state index in [2.05, 4.69) is 10.3 Å². The molecule has 1 heterocycles. The fourth-order valence-corrected chi connectivity index (χ4v) is 1.90. The summed E-state index contributed by atoms with van der Waals surface area (Å²) in [4.78, 5) is 25.6. The highest BCUT2D eigenvalue weighted by molar-refractivity contribution is 7.15. The molecule has 0 aliphatic rings. The molecule has 7 nitrogen and oxygen atoms in total. The number of primary amides is 1. The largest absolute Gasteiger partial charge is 0.476 e. The van der Waals surface area contributed by atoms with Crippen LogP contribution in [0.5, 0.6) is 0 Å². The molecule has 1 amide bonds. The van der Waals surface area contributed by atoms with Crippen LogP contribution in [0, 0.1) is 6.92 Å². The van der Waals surface area contributed by atoms with Gasteiger partial charge in [-0.05, 0) is 6.92 Å². The molecule has 0 aliphatic carbocycles. The Morgan fingerprint density at radius 2 is 2.29 bits per heavy atom. The molecule has 0 atom stereocenters. The molecule has 0 saturated heterocycles. The molecule has 0 unspecified atom stereocenters. The summed E-state index contributed by atoms with van der Waals surface area (Å²) in [6.45, 7) is 2.29. The number of nitrogens with two attached hydrogens (primary N) is 1. The van der Waals surface area contributed by atoms with Crippen molar-refractivity contribution in [2.45, 2.75) is 6.92 Å². The van der Waals surface area contributed by atoms with Crippen molar-refractivity contribution < 1.29 is 19.4 Å². The van der Waals surface area contributed by atoms with Crippen LogP contribution in [0.25, 0.3) is 0 Å². The van der Waals surface area contributed by atoms with Gasteiger partial charge in [-0.15, -0.1) is 11.3 Å². The molecule has 0 saturated carbocycles. The Bertz CT molecular complexity index is 418. The highest BCUT2D eigenvalue weighted by atomic mass is 32.1. The number of aromatic carboxylic acids is 1. The van der Waals surface area contributed by atoms with E-state index in [0.29, 0.717) is 23.2 Å². The molecular formula is C9H13N3O4S. The van der Waals surface area contributed by atoms with Crippen LogP contribution in [0.3, 0.4) is 0 Å². The number of carboxylic acids is 1. The van der Waals surface area contributed by atoms with Crippen molar-refractivity contribution in [2.24, 2.45) is 5.73 Å². The number of carbonyl (C=O) groups excluding carboxylic acids is 1. The van der Waals surface area contributed by atoms with E-state index in [1.807, 2.05) is 0 Å². The normalized spacial score (nSPS) is 10.2. The Labute approximate surface area is 102 Å². The van der Waals surface area contributed by atoms with Gasteiger partial charge in [-0.25, -0.2) is 9.78 Å². The fraction of sp³-hybridized carbons (Fsp3) is 0.444. The summed E-state index contributed by atoms with van der Waals surface area (Å²) in [5, 5.41) is 12.2. The smallest absolute Gasteiger partial charge is 0.355 e. The molecule has 0 bridgehead atoms. The lowest BCUT2D eigenvalue weighted by Gasteiger charge is -2.02. The van der Waals surface area contributed by atoms with Gasteiger partial charge in [0.15, 0.2) is 10.8 Å². The Hall–Kier alpha value is -1.67. The summed E-state index contributed by atoms with van der Waals surface area (Å²) >= 11 is 1.26. The summed E-state index contributed by atoms with van der Waals surface area (Å²) in [6.07, 6.45) is 0. The van der Waals surface area contributed by atoms with Crippen LogP contribution in [0.15, 0.2) is 0 Å². The highest BCUT2D eigenvalue weighted by Crippen LogP contribution is 2.21. The molecule has 0 fully saturated rings. The molecule has 0 spiro atoms. The van der Waals surface area contributed by atoms with Gasteiger partial charge in [-0.1, -0.05) is 0 Å². The monoisotopic (exact) mass is 259 g/mol. The number of ether oxygens (including phenoxy) is 1. The molecule has 0 aromatic carbocycles. The first-order valence-electron chi connectivity index (χ1n) is 4.81. The number of aromatic nitrogens is 1. The predicted molar refractivity (Wildman–Crippen MR) is 62.3 cm³/mol. The molecule has 1 aromatic heterocycles. The third-order valence-corrected chi connectivity index (χ3v) is 2.69. The lowest BCUT2D eigenvalue weighted by atomic mass is 10.4. The first-order valence-corrected chi connectivity index (χ1v) is 5.63. The summed E-state index contributed by atoms with van der Waals surface area (Å²) in [7, 11) is 0. The van der Waals surface area contributed by atoms with E-state index in [1.54, 1.807) is 6.92 Å². The first-order chi connectivity index (χ1) is 8.00. The van der Waals surface area contributed by atoms with Crippen molar-refractivity contribution in [3.63, 3.8) is 0 Å². The van der Waals surface area contributed by atoms with Crippen LogP contribution in [-0.2, 0) is 9.53 Å². The predicted octanol–water partition coefficient (Wildman–Crippen LogP) is 0.0635. The summed E-state index contributed by atoms with van der Waals surface area (Å²) < 4.78 is 4.92. The molecule has 1 rings (SSSR count). The maximum atomic E-state index is 10.7. The third kappa shape index (κ3) is 4.37. The van der Waals surface area contributed by atoms with E-state index >= 15 is 0 Å². The zero-order chi connectivity index (χ0) is 12.8. The van der Waals surface area contributed by atoms with Gasteiger partial charge in [-0.3, -0.25) is 4.79 Å². The number of nitrogens with one attached hydrogen (secondary N) is 1. The van der Waals surface area contributed by atoms with Gasteiger partial charge in [0.1, 0.15) is 6.61 Å². The minimum absolute atomic E-state index is 0.0514. The number of hydrogen-bond donors (Lipinski definition) is 3. The van der Waals surface area contributed by atoms with Gasteiger partial charge < -0.3 is 20.9 Å². The van der Waals surface area contributed by atoms with Crippen molar-refractivity contribution >= 4 is 28.3 Å². The van der Waals surface area contributed by atoms with E-state index in [1.165, 1.54) is 11.3 Å². The SMILES string of the molecule is Cc1sc(NCCOCC(N)=O)nc1C(=O)O. The fourth-order valence-electron chi connectivity index (χ4n) is 1.07. The van der Waals surface area contributed by atoms with Crippen LogP contribution in [0.1, 0.15) is 15.4 Å². The number of hydrogen-bond acceptors (Lipinski definition) is 6. The number of rotatable bonds is 7. The summed E-state index contributed by atoms with van der Waals surface area (Å²) in [5.41, 5.74) is 4.93. The zero-order valence-corrected chi connectivity index (χ0v) is 10.0. The van der Waals surface area contributed by atoms with Crippen LogP contribution in [-0.4, -0.2) is 41.7 Å². The van der Waals surface area contributed by atoms with E-state index in [4.69, 9.17) is 15.6 Å². The molecular weight excluding hydrogens is 246 g/mol. The second kappa shape index (κ2) is 6.16. The molecule has 8 heteroatoms. The number of carboxylic acid groups (broad SMARTS) is 1. The second-order valence-electron chi connectivity index (χ2n) is 3.17. The minimum atomic E-state index is -1.04. The average Bonchev–Trinajstić information content (AvgIpc) is 2.59. The second-order valence-corrected chi connectivity index (χ2v) is 4.38. The number of aryl methyl sites for hydroxylation is 1. The molecule has 0 radical (unpaired) electrons. The highest BCUT2D eigenvalue weighted by Gasteiger charge is 2.13. The Morgan fingerprint density at radius 3 is 2.82 bits per heavy atom. The maximum absolute atomic E-state index is 10.7. The van der Waals surface area contributed by atoms with Crippen LogP contribution < -0.4 is 11.1 Å². The van der Waals surface area contributed by atoms with Crippen LogP contribution in [0.4, 0.5) is 5.13 Å². The third-order valence-electron chi connectivity index (χ3n) is 1.77.